The van der Waals surface area contributed by atoms with Crippen molar-refractivity contribution in [2.45, 2.75) is 39.2 Å². The van der Waals surface area contributed by atoms with Gasteiger partial charge in [0.2, 0.25) is 0 Å². The SMILES string of the molecule is CCN(Cc1ccc2c(c1)OCCO2)C(=O)c1cc2c(s1)CCCC2. The molecule has 132 valence electrons. The van der Waals surface area contributed by atoms with E-state index in [0.29, 0.717) is 26.3 Å². The lowest BCUT2D eigenvalue weighted by Gasteiger charge is -2.22. The van der Waals surface area contributed by atoms with Crippen molar-refractivity contribution < 1.29 is 14.3 Å². The van der Waals surface area contributed by atoms with Crippen LogP contribution in [0, 0.1) is 0 Å². The van der Waals surface area contributed by atoms with Crippen LogP contribution in [0.25, 0.3) is 0 Å². The Balaban J connectivity index is 1.51. The lowest BCUT2D eigenvalue weighted by molar-refractivity contribution is 0.0757. The van der Waals surface area contributed by atoms with Crippen molar-refractivity contribution in [1.29, 1.82) is 0 Å². The quantitative estimate of drug-likeness (QED) is 0.828. The van der Waals surface area contributed by atoms with E-state index in [1.165, 1.54) is 23.3 Å². The van der Waals surface area contributed by atoms with Gasteiger partial charge in [-0.25, -0.2) is 0 Å². The molecular weight excluding hydrogens is 334 g/mol. The van der Waals surface area contributed by atoms with E-state index < -0.39 is 0 Å². The van der Waals surface area contributed by atoms with Crippen LogP contribution in [0.3, 0.4) is 0 Å². The number of carbonyl (C=O) groups is 1. The Hall–Kier alpha value is -2.01. The first-order valence-corrected chi connectivity index (χ1v) is 9.85. The zero-order valence-corrected chi connectivity index (χ0v) is 15.4. The van der Waals surface area contributed by atoms with Gasteiger partial charge in [-0.15, -0.1) is 11.3 Å². The number of thiophene rings is 1. The average Bonchev–Trinajstić information content (AvgIpc) is 3.09. The van der Waals surface area contributed by atoms with Gasteiger partial charge in [0.15, 0.2) is 11.5 Å². The number of ether oxygens (including phenoxy) is 2. The fourth-order valence-corrected chi connectivity index (χ4v) is 4.71. The summed E-state index contributed by atoms with van der Waals surface area (Å²) in [5.74, 6) is 1.70. The number of rotatable bonds is 4. The van der Waals surface area contributed by atoms with Gasteiger partial charge in [0.25, 0.3) is 5.91 Å². The van der Waals surface area contributed by atoms with E-state index >= 15 is 0 Å². The molecule has 0 atom stereocenters. The molecule has 1 amide bonds. The minimum atomic E-state index is 0.136. The van der Waals surface area contributed by atoms with Gasteiger partial charge in [0, 0.05) is 18.0 Å². The predicted octanol–water partition coefficient (Wildman–Crippen LogP) is 4.06. The van der Waals surface area contributed by atoms with Crippen molar-refractivity contribution in [3.63, 3.8) is 0 Å². The largest absolute Gasteiger partial charge is 0.486 e. The number of aryl methyl sites for hydroxylation is 2. The standard InChI is InChI=1S/C20H23NO3S/c1-2-21(13-14-7-8-16-17(11-14)24-10-9-23-16)20(22)19-12-15-5-3-4-6-18(15)25-19/h7-8,11-12H,2-6,9-10,13H2,1H3. The molecule has 1 aliphatic carbocycles. The lowest BCUT2D eigenvalue weighted by atomic mass is 9.99. The van der Waals surface area contributed by atoms with Crippen molar-refractivity contribution in [3.8, 4) is 11.5 Å². The van der Waals surface area contributed by atoms with Crippen LogP contribution < -0.4 is 9.47 Å². The Morgan fingerprint density at radius 3 is 2.72 bits per heavy atom. The maximum absolute atomic E-state index is 13.0. The van der Waals surface area contributed by atoms with Crippen molar-refractivity contribution in [3.05, 3.63) is 45.1 Å². The van der Waals surface area contributed by atoms with Gasteiger partial charge in [-0.3, -0.25) is 4.79 Å². The van der Waals surface area contributed by atoms with Crippen LogP contribution in [0.1, 0.15) is 45.4 Å². The highest BCUT2D eigenvalue weighted by molar-refractivity contribution is 7.14. The number of carbonyl (C=O) groups excluding carboxylic acids is 1. The lowest BCUT2D eigenvalue weighted by Crippen LogP contribution is -2.29. The van der Waals surface area contributed by atoms with Crippen LogP contribution in [0.4, 0.5) is 0 Å². The van der Waals surface area contributed by atoms with Gasteiger partial charge in [-0.05, 0) is 61.9 Å². The summed E-state index contributed by atoms with van der Waals surface area (Å²) < 4.78 is 11.2. The molecule has 0 saturated heterocycles. The molecule has 0 fully saturated rings. The fraction of sp³-hybridized carbons (Fsp3) is 0.450. The molecule has 5 heteroatoms. The summed E-state index contributed by atoms with van der Waals surface area (Å²) in [6.07, 6.45) is 4.73. The number of amides is 1. The van der Waals surface area contributed by atoms with Crippen LogP contribution in [-0.4, -0.2) is 30.6 Å². The molecule has 2 aromatic rings. The zero-order chi connectivity index (χ0) is 17.2. The van der Waals surface area contributed by atoms with Gasteiger partial charge < -0.3 is 14.4 Å². The molecule has 0 spiro atoms. The number of hydrogen-bond donors (Lipinski definition) is 0. The third kappa shape index (κ3) is 3.38. The highest BCUT2D eigenvalue weighted by atomic mass is 32.1. The first-order valence-electron chi connectivity index (χ1n) is 9.04. The smallest absolute Gasteiger partial charge is 0.264 e. The minimum absolute atomic E-state index is 0.136. The monoisotopic (exact) mass is 357 g/mol. The maximum Gasteiger partial charge on any atom is 0.264 e. The first-order chi connectivity index (χ1) is 12.2. The number of fused-ring (bicyclic) bond motifs is 2. The van der Waals surface area contributed by atoms with Crippen LogP contribution in [0.2, 0.25) is 0 Å². The van der Waals surface area contributed by atoms with Gasteiger partial charge in [-0.1, -0.05) is 6.07 Å². The minimum Gasteiger partial charge on any atom is -0.486 e. The molecule has 2 heterocycles. The van der Waals surface area contributed by atoms with Crippen LogP contribution >= 0.6 is 11.3 Å². The Morgan fingerprint density at radius 2 is 1.92 bits per heavy atom. The van der Waals surface area contributed by atoms with E-state index in [1.54, 1.807) is 11.3 Å². The Morgan fingerprint density at radius 1 is 1.12 bits per heavy atom. The molecule has 1 aliphatic heterocycles. The first kappa shape index (κ1) is 16.5. The third-order valence-corrected chi connectivity index (χ3v) is 6.08. The second kappa shape index (κ2) is 7.08. The van der Waals surface area contributed by atoms with E-state index in [-0.39, 0.29) is 5.91 Å². The highest BCUT2D eigenvalue weighted by Gasteiger charge is 2.21. The van der Waals surface area contributed by atoms with Gasteiger partial charge in [0.05, 0.1) is 4.88 Å². The van der Waals surface area contributed by atoms with E-state index in [2.05, 4.69) is 6.07 Å². The molecule has 1 aromatic carbocycles. The fourth-order valence-electron chi connectivity index (χ4n) is 3.49. The molecule has 25 heavy (non-hydrogen) atoms. The molecule has 1 aromatic heterocycles. The molecule has 4 nitrogen and oxygen atoms in total. The van der Waals surface area contributed by atoms with Crippen LogP contribution in [0.5, 0.6) is 11.5 Å². The Labute approximate surface area is 152 Å². The summed E-state index contributed by atoms with van der Waals surface area (Å²) >= 11 is 1.68. The second-order valence-electron chi connectivity index (χ2n) is 6.56. The summed E-state index contributed by atoms with van der Waals surface area (Å²) in [5.41, 5.74) is 2.45. The number of hydrogen-bond acceptors (Lipinski definition) is 4. The van der Waals surface area contributed by atoms with Gasteiger partial charge in [0.1, 0.15) is 13.2 Å². The molecule has 0 unspecified atom stereocenters. The maximum atomic E-state index is 13.0. The van der Waals surface area contributed by atoms with Crippen LogP contribution in [0.15, 0.2) is 24.3 Å². The molecule has 2 aliphatic rings. The van der Waals surface area contributed by atoms with E-state index in [9.17, 15) is 4.79 Å². The predicted molar refractivity (Wildman–Crippen MR) is 98.8 cm³/mol. The normalized spacial score (nSPS) is 15.6. The molecule has 0 radical (unpaired) electrons. The second-order valence-corrected chi connectivity index (χ2v) is 7.70. The average molecular weight is 357 g/mol. The molecule has 0 bridgehead atoms. The molecule has 0 saturated carbocycles. The topological polar surface area (TPSA) is 38.8 Å². The van der Waals surface area contributed by atoms with Crippen LogP contribution in [-0.2, 0) is 19.4 Å². The highest BCUT2D eigenvalue weighted by Crippen LogP contribution is 2.32. The van der Waals surface area contributed by atoms with E-state index in [0.717, 1.165) is 34.8 Å². The molecule has 4 rings (SSSR count). The third-order valence-electron chi connectivity index (χ3n) is 4.86. The van der Waals surface area contributed by atoms with Crippen molar-refractivity contribution in [1.82, 2.24) is 4.90 Å². The summed E-state index contributed by atoms with van der Waals surface area (Å²) in [6, 6.07) is 8.06. The van der Waals surface area contributed by atoms with Crippen molar-refractivity contribution >= 4 is 17.2 Å². The van der Waals surface area contributed by atoms with Gasteiger partial charge in [-0.2, -0.15) is 0 Å². The van der Waals surface area contributed by atoms with Crippen molar-refractivity contribution in [2.24, 2.45) is 0 Å². The summed E-state index contributed by atoms with van der Waals surface area (Å²) in [4.78, 5) is 17.2. The Kier molecular flexibility index (Phi) is 4.66. The summed E-state index contributed by atoms with van der Waals surface area (Å²) in [5, 5.41) is 0. The summed E-state index contributed by atoms with van der Waals surface area (Å²) in [7, 11) is 0. The van der Waals surface area contributed by atoms with E-state index in [1.807, 2.05) is 30.0 Å². The Bertz CT molecular complexity index is 760. The number of benzene rings is 1. The van der Waals surface area contributed by atoms with Crippen molar-refractivity contribution in [2.75, 3.05) is 19.8 Å². The van der Waals surface area contributed by atoms with Gasteiger partial charge >= 0.3 is 0 Å². The molecular formula is C20H23NO3S. The molecule has 0 N–H and O–H groups in total. The zero-order valence-electron chi connectivity index (χ0n) is 14.5. The number of nitrogens with zero attached hydrogens (tertiary/aromatic N) is 1. The summed E-state index contributed by atoms with van der Waals surface area (Å²) in [6.45, 7) is 4.48. The van der Waals surface area contributed by atoms with E-state index in [4.69, 9.17) is 9.47 Å².